The second-order valence-electron chi connectivity index (χ2n) is 6.12. The van der Waals surface area contributed by atoms with Crippen molar-refractivity contribution in [2.24, 2.45) is 5.92 Å². The maximum Gasteiger partial charge on any atom is 0.0827 e. The van der Waals surface area contributed by atoms with E-state index in [1.165, 1.54) is 5.56 Å². The van der Waals surface area contributed by atoms with Crippen molar-refractivity contribution in [1.29, 1.82) is 0 Å². The molecule has 0 N–H and O–H groups in total. The summed E-state index contributed by atoms with van der Waals surface area (Å²) in [4.78, 5) is 0. The Morgan fingerprint density at radius 3 is 2.55 bits per heavy atom. The Kier molecular flexibility index (Phi) is 4.93. The quantitative estimate of drug-likeness (QED) is 0.780. The minimum Gasteiger partial charge on any atom is -0.272 e. The Morgan fingerprint density at radius 2 is 1.90 bits per heavy atom. The van der Waals surface area contributed by atoms with Gasteiger partial charge in [-0.05, 0) is 30.2 Å². The molecule has 0 radical (unpaired) electrons. The average molecular weight is 275 g/mol. The van der Waals surface area contributed by atoms with E-state index in [4.69, 9.17) is 0 Å². The van der Waals surface area contributed by atoms with Crippen LogP contribution in [0.25, 0.3) is 0 Å². The van der Waals surface area contributed by atoms with E-state index in [-0.39, 0.29) is 0 Å². The van der Waals surface area contributed by atoms with E-state index >= 15 is 0 Å². The molecule has 5 heteroatoms. The van der Waals surface area contributed by atoms with E-state index in [9.17, 15) is 0 Å². The van der Waals surface area contributed by atoms with Crippen LogP contribution in [0.5, 0.6) is 0 Å². The highest BCUT2D eigenvalue weighted by Gasteiger charge is 2.05. The van der Waals surface area contributed by atoms with Crippen LogP contribution in [0, 0.1) is 5.92 Å². The predicted molar refractivity (Wildman–Crippen MR) is 79.5 cm³/mol. The first-order valence-corrected chi connectivity index (χ1v) is 7.46. The third-order valence-corrected chi connectivity index (χ3v) is 3.28. The SMILES string of the molecule is CC(C)Cn1cc(CCCn2cc(C(C)C)cn2)nn1. The summed E-state index contributed by atoms with van der Waals surface area (Å²) in [5, 5.41) is 12.8. The van der Waals surface area contributed by atoms with Crippen LogP contribution in [0.1, 0.15) is 51.3 Å². The van der Waals surface area contributed by atoms with Crippen LogP contribution >= 0.6 is 0 Å². The van der Waals surface area contributed by atoms with Crippen LogP contribution in [-0.4, -0.2) is 24.8 Å². The molecular formula is C15H25N5. The van der Waals surface area contributed by atoms with Crippen molar-refractivity contribution in [2.75, 3.05) is 0 Å². The van der Waals surface area contributed by atoms with Gasteiger partial charge in [0.05, 0.1) is 11.9 Å². The van der Waals surface area contributed by atoms with Gasteiger partial charge in [0.15, 0.2) is 0 Å². The maximum atomic E-state index is 4.39. The second-order valence-corrected chi connectivity index (χ2v) is 6.12. The Balaban J connectivity index is 1.78. The lowest BCUT2D eigenvalue weighted by atomic mass is 10.1. The van der Waals surface area contributed by atoms with Crippen LogP contribution in [0.15, 0.2) is 18.6 Å². The zero-order valence-electron chi connectivity index (χ0n) is 13.0. The first-order valence-electron chi connectivity index (χ1n) is 7.46. The molecule has 0 saturated heterocycles. The van der Waals surface area contributed by atoms with E-state index in [1.54, 1.807) is 0 Å². The fourth-order valence-corrected chi connectivity index (χ4v) is 2.14. The minimum atomic E-state index is 0.541. The van der Waals surface area contributed by atoms with Gasteiger partial charge in [0.2, 0.25) is 0 Å². The van der Waals surface area contributed by atoms with Gasteiger partial charge in [-0.1, -0.05) is 32.9 Å². The molecule has 2 heterocycles. The molecule has 0 aliphatic heterocycles. The molecule has 0 bridgehead atoms. The summed E-state index contributed by atoms with van der Waals surface area (Å²) in [6.07, 6.45) is 8.15. The average Bonchev–Trinajstić information content (AvgIpc) is 2.98. The molecule has 20 heavy (non-hydrogen) atoms. The monoisotopic (exact) mass is 275 g/mol. The molecule has 0 unspecified atom stereocenters. The molecule has 0 fully saturated rings. The lowest BCUT2D eigenvalue weighted by Gasteiger charge is -2.02. The summed E-state index contributed by atoms with van der Waals surface area (Å²) in [5.74, 6) is 1.14. The number of aromatic nitrogens is 5. The number of hydrogen-bond acceptors (Lipinski definition) is 3. The van der Waals surface area contributed by atoms with Crippen molar-refractivity contribution in [2.45, 2.75) is 59.5 Å². The van der Waals surface area contributed by atoms with Gasteiger partial charge in [0.25, 0.3) is 0 Å². The van der Waals surface area contributed by atoms with Crippen molar-refractivity contribution in [1.82, 2.24) is 24.8 Å². The standard InChI is InChI=1S/C15H25N5/c1-12(2)9-20-11-15(17-18-20)6-5-7-19-10-14(8-16-19)13(3)4/h8,10-13H,5-7,9H2,1-4H3. The number of nitrogens with zero attached hydrogens (tertiary/aromatic N) is 5. The molecule has 0 saturated carbocycles. The van der Waals surface area contributed by atoms with Crippen molar-refractivity contribution < 1.29 is 0 Å². The van der Waals surface area contributed by atoms with Crippen molar-refractivity contribution in [3.8, 4) is 0 Å². The molecule has 0 aromatic carbocycles. The minimum absolute atomic E-state index is 0.541. The molecule has 2 rings (SSSR count). The van der Waals surface area contributed by atoms with Gasteiger partial charge in [-0.2, -0.15) is 5.10 Å². The first-order chi connectivity index (χ1) is 9.54. The van der Waals surface area contributed by atoms with Crippen LogP contribution < -0.4 is 0 Å². The van der Waals surface area contributed by atoms with E-state index < -0.39 is 0 Å². The van der Waals surface area contributed by atoms with Gasteiger partial charge < -0.3 is 0 Å². The third-order valence-electron chi connectivity index (χ3n) is 3.28. The van der Waals surface area contributed by atoms with Crippen LogP contribution in [0.3, 0.4) is 0 Å². The molecule has 2 aromatic heterocycles. The highest BCUT2D eigenvalue weighted by Crippen LogP contribution is 2.12. The number of aryl methyl sites for hydroxylation is 2. The maximum absolute atomic E-state index is 4.39. The predicted octanol–water partition coefficient (Wildman–Crippen LogP) is 2.89. The molecule has 0 amide bonds. The summed E-state index contributed by atoms with van der Waals surface area (Å²) in [6, 6.07) is 0. The lowest BCUT2D eigenvalue weighted by Crippen LogP contribution is -2.04. The molecule has 2 aromatic rings. The van der Waals surface area contributed by atoms with E-state index in [1.807, 2.05) is 15.6 Å². The van der Waals surface area contributed by atoms with Gasteiger partial charge in [-0.15, -0.1) is 5.10 Å². The summed E-state index contributed by atoms with van der Waals surface area (Å²) in [7, 11) is 0. The fraction of sp³-hybridized carbons (Fsp3) is 0.667. The molecule has 5 nitrogen and oxygen atoms in total. The Bertz CT molecular complexity index is 524. The second kappa shape index (κ2) is 6.68. The van der Waals surface area contributed by atoms with Crippen molar-refractivity contribution in [3.63, 3.8) is 0 Å². The zero-order chi connectivity index (χ0) is 14.5. The molecule has 0 aliphatic carbocycles. The third kappa shape index (κ3) is 4.18. The first kappa shape index (κ1) is 14.8. The zero-order valence-corrected chi connectivity index (χ0v) is 13.0. The Hall–Kier alpha value is -1.65. The Labute approximate surface area is 121 Å². The van der Waals surface area contributed by atoms with Crippen molar-refractivity contribution in [3.05, 3.63) is 29.8 Å². The van der Waals surface area contributed by atoms with Gasteiger partial charge in [-0.25, -0.2) is 0 Å². The van der Waals surface area contributed by atoms with Gasteiger partial charge in [0, 0.05) is 25.5 Å². The van der Waals surface area contributed by atoms with Crippen LogP contribution in [0.4, 0.5) is 0 Å². The lowest BCUT2D eigenvalue weighted by molar-refractivity contribution is 0.472. The van der Waals surface area contributed by atoms with Crippen LogP contribution in [-0.2, 0) is 19.5 Å². The number of rotatable bonds is 7. The topological polar surface area (TPSA) is 48.5 Å². The van der Waals surface area contributed by atoms with Gasteiger partial charge >= 0.3 is 0 Å². The highest BCUT2D eigenvalue weighted by molar-refractivity contribution is 5.08. The van der Waals surface area contributed by atoms with E-state index in [2.05, 4.69) is 55.5 Å². The summed E-state index contributed by atoms with van der Waals surface area (Å²) < 4.78 is 3.96. The van der Waals surface area contributed by atoms with E-state index in [0.717, 1.165) is 31.6 Å². The van der Waals surface area contributed by atoms with Crippen molar-refractivity contribution >= 4 is 0 Å². The van der Waals surface area contributed by atoms with E-state index in [0.29, 0.717) is 11.8 Å². The molecule has 0 spiro atoms. The smallest absolute Gasteiger partial charge is 0.0827 e. The number of hydrogen-bond donors (Lipinski definition) is 0. The van der Waals surface area contributed by atoms with Gasteiger partial charge in [-0.3, -0.25) is 9.36 Å². The summed E-state index contributed by atoms with van der Waals surface area (Å²) >= 11 is 0. The normalized spacial score (nSPS) is 11.7. The molecule has 110 valence electrons. The Morgan fingerprint density at radius 1 is 1.10 bits per heavy atom. The molecule has 0 aliphatic rings. The molecule has 0 atom stereocenters. The highest BCUT2D eigenvalue weighted by atomic mass is 15.4. The molecular weight excluding hydrogens is 250 g/mol. The largest absolute Gasteiger partial charge is 0.272 e. The summed E-state index contributed by atoms with van der Waals surface area (Å²) in [6.45, 7) is 10.6. The van der Waals surface area contributed by atoms with Gasteiger partial charge in [0.1, 0.15) is 0 Å². The van der Waals surface area contributed by atoms with Crippen LogP contribution in [0.2, 0.25) is 0 Å². The fourth-order valence-electron chi connectivity index (χ4n) is 2.14. The summed E-state index contributed by atoms with van der Waals surface area (Å²) in [5.41, 5.74) is 2.37.